The Kier molecular flexibility index (Phi) is 7.17. The van der Waals surface area contributed by atoms with Crippen molar-refractivity contribution in [3.05, 3.63) is 131 Å². The summed E-state index contributed by atoms with van der Waals surface area (Å²) in [6.07, 6.45) is -1.45. The average molecular weight is 506 g/mol. The van der Waals surface area contributed by atoms with Gasteiger partial charge >= 0.3 is 6.09 Å². The number of para-hydroxylation sites is 1. The molecule has 5 rings (SSSR count). The van der Waals surface area contributed by atoms with Crippen molar-refractivity contribution in [2.75, 3.05) is 10.6 Å². The van der Waals surface area contributed by atoms with Crippen LogP contribution in [0.5, 0.6) is 0 Å². The molecular formula is C31H27N3O4. The third-order valence-corrected chi connectivity index (χ3v) is 6.38. The van der Waals surface area contributed by atoms with Crippen LogP contribution < -0.4 is 10.6 Å². The van der Waals surface area contributed by atoms with Crippen LogP contribution in [0.25, 0.3) is 0 Å². The Balaban J connectivity index is 1.42. The lowest BCUT2D eigenvalue weighted by Crippen LogP contribution is -2.43. The van der Waals surface area contributed by atoms with Gasteiger partial charge in [0, 0.05) is 16.9 Å². The molecule has 1 fully saturated rings. The van der Waals surface area contributed by atoms with Crippen LogP contribution in [0.15, 0.2) is 109 Å². The molecule has 4 aromatic rings. The number of hydrogen-bond donors (Lipinski definition) is 2. The van der Waals surface area contributed by atoms with Crippen molar-refractivity contribution in [1.82, 2.24) is 4.90 Å². The van der Waals surface area contributed by atoms with Crippen LogP contribution in [0.2, 0.25) is 0 Å². The van der Waals surface area contributed by atoms with Crippen molar-refractivity contribution >= 4 is 29.3 Å². The molecule has 1 aliphatic heterocycles. The van der Waals surface area contributed by atoms with E-state index in [0.29, 0.717) is 22.5 Å². The highest BCUT2D eigenvalue weighted by atomic mass is 16.6. The van der Waals surface area contributed by atoms with Gasteiger partial charge in [0.25, 0.3) is 11.8 Å². The van der Waals surface area contributed by atoms with E-state index in [1.165, 1.54) is 4.90 Å². The highest BCUT2D eigenvalue weighted by molar-refractivity contribution is 6.04. The second-order valence-electron chi connectivity index (χ2n) is 9.16. The van der Waals surface area contributed by atoms with Crippen LogP contribution in [-0.4, -0.2) is 28.8 Å². The first-order valence-corrected chi connectivity index (χ1v) is 12.3. The van der Waals surface area contributed by atoms with Gasteiger partial charge in [0.1, 0.15) is 0 Å². The fraction of sp³-hybridized carbons (Fsp3) is 0.129. The van der Waals surface area contributed by atoms with Crippen molar-refractivity contribution in [1.29, 1.82) is 0 Å². The predicted octanol–water partition coefficient (Wildman–Crippen LogP) is 5.95. The summed E-state index contributed by atoms with van der Waals surface area (Å²) in [7, 11) is 0. The molecule has 2 atom stereocenters. The molecule has 4 aromatic carbocycles. The normalized spacial score (nSPS) is 16.6. The summed E-state index contributed by atoms with van der Waals surface area (Å²) < 4.78 is 5.77. The second kappa shape index (κ2) is 11.0. The van der Waals surface area contributed by atoms with Crippen molar-refractivity contribution in [2.24, 2.45) is 0 Å². The van der Waals surface area contributed by atoms with Crippen LogP contribution in [0.4, 0.5) is 16.2 Å². The number of nitrogens with one attached hydrogen (secondary N) is 2. The van der Waals surface area contributed by atoms with Crippen molar-refractivity contribution in [2.45, 2.75) is 25.6 Å². The molecule has 1 heterocycles. The molecule has 2 N–H and O–H groups in total. The number of ether oxygens (including phenoxy) is 1. The zero-order chi connectivity index (χ0) is 26.5. The molecule has 0 radical (unpaired) electrons. The first kappa shape index (κ1) is 24.8. The lowest BCUT2D eigenvalue weighted by molar-refractivity contribution is -0.121. The third kappa shape index (κ3) is 5.57. The largest absolute Gasteiger partial charge is 0.438 e. The first-order valence-electron chi connectivity index (χ1n) is 12.3. The summed E-state index contributed by atoms with van der Waals surface area (Å²) >= 11 is 0. The zero-order valence-corrected chi connectivity index (χ0v) is 20.8. The van der Waals surface area contributed by atoms with Crippen molar-refractivity contribution in [3.63, 3.8) is 0 Å². The number of nitrogens with zero attached hydrogens (tertiary/aromatic N) is 1. The average Bonchev–Trinajstić information content (AvgIpc) is 3.26. The predicted molar refractivity (Wildman–Crippen MR) is 146 cm³/mol. The van der Waals surface area contributed by atoms with Gasteiger partial charge in [0.2, 0.25) is 0 Å². The Morgan fingerprint density at radius 2 is 1.45 bits per heavy atom. The fourth-order valence-corrected chi connectivity index (χ4v) is 4.43. The molecule has 3 amide bonds. The maximum absolute atomic E-state index is 13.6. The van der Waals surface area contributed by atoms with Crippen LogP contribution >= 0.6 is 0 Å². The van der Waals surface area contributed by atoms with E-state index in [0.717, 1.165) is 11.1 Å². The molecule has 0 bridgehead atoms. The molecule has 0 aliphatic carbocycles. The molecule has 0 spiro atoms. The number of amides is 3. The highest BCUT2D eigenvalue weighted by Gasteiger charge is 2.47. The van der Waals surface area contributed by atoms with E-state index in [2.05, 4.69) is 10.6 Å². The van der Waals surface area contributed by atoms with Gasteiger partial charge in [-0.15, -0.1) is 0 Å². The second-order valence-corrected chi connectivity index (χ2v) is 9.16. The molecule has 0 unspecified atom stereocenters. The maximum Gasteiger partial charge on any atom is 0.411 e. The Bertz CT molecular complexity index is 1440. The molecule has 7 heteroatoms. The van der Waals surface area contributed by atoms with Crippen LogP contribution in [-0.2, 0) is 16.1 Å². The maximum atomic E-state index is 13.6. The van der Waals surface area contributed by atoms with Crippen LogP contribution in [0, 0.1) is 6.92 Å². The fourth-order valence-electron chi connectivity index (χ4n) is 4.43. The molecule has 190 valence electrons. The number of rotatable bonds is 7. The number of aryl methyl sites for hydroxylation is 1. The summed E-state index contributed by atoms with van der Waals surface area (Å²) in [5.74, 6) is -0.619. The van der Waals surface area contributed by atoms with E-state index in [-0.39, 0.29) is 18.4 Å². The molecule has 38 heavy (non-hydrogen) atoms. The van der Waals surface area contributed by atoms with Gasteiger partial charge in [-0.05, 0) is 54.4 Å². The lowest BCUT2D eigenvalue weighted by Gasteiger charge is -2.24. The number of benzene rings is 4. The van der Waals surface area contributed by atoms with E-state index in [4.69, 9.17) is 4.74 Å². The zero-order valence-electron chi connectivity index (χ0n) is 20.8. The molecule has 0 aromatic heterocycles. The third-order valence-electron chi connectivity index (χ3n) is 6.38. The number of carbonyl (C=O) groups is 3. The molecule has 1 saturated heterocycles. The monoisotopic (exact) mass is 505 g/mol. The first-order chi connectivity index (χ1) is 18.5. The van der Waals surface area contributed by atoms with Crippen molar-refractivity contribution in [3.8, 4) is 0 Å². The summed E-state index contributed by atoms with van der Waals surface area (Å²) in [6, 6.07) is 31.9. The smallest absolute Gasteiger partial charge is 0.411 e. The molecule has 1 aliphatic rings. The van der Waals surface area contributed by atoms with Gasteiger partial charge < -0.3 is 15.4 Å². The number of carbonyl (C=O) groups excluding carboxylic acids is 3. The molecule has 0 saturated carbocycles. The highest BCUT2D eigenvalue weighted by Crippen LogP contribution is 2.35. The van der Waals surface area contributed by atoms with E-state index in [9.17, 15) is 14.4 Å². The Hall–Kier alpha value is -4.91. The lowest BCUT2D eigenvalue weighted by atomic mass is 10.00. The number of hydrogen-bond acceptors (Lipinski definition) is 4. The summed E-state index contributed by atoms with van der Waals surface area (Å²) in [4.78, 5) is 40.8. The summed E-state index contributed by atoms with van der Waals surface area (Å²) in [5.41, 5.74) is 4.22. The topological polar surface area (TPSA) is 87.7 Å². The Morgan fingerprint density at radius 1 is 0.789 bits per heavy atom. The van der Waals surface area contributed by atoms with E-state index >= 15 is 0 Å². The van der Waals surface area contributed by atoms with Gasteiger partial charge in [-0.2, -0.15) is 0 Å². The van der Waals surface area contributed by atoms with Gasteiger partial charge in [0.15, 0.2) is 12.1 Å². The minimum Gasteiger partial charge on any atom is -0.438 e. The number of anilines is 2. The Labute approximate surface area is 221 Å². The molecule has 7 nitrogen and oxygen atoms in total. The van der Waals surface area contributed by atoms with E-state index < -0.39 is 18.2 Å². The minimum atomic E-state index is -0.925. The van der Waals surface area contributed by atoms with Gasteiger partial charge in [-0.3, -0.25) is 14.5 Å². The van der Waals surface area contributed by atoms with Crippen LogP contribution in [0.3, 0.4) is 0 Å². The van der Waals surface area contributed by atoms with E-state index in [1.807, 2.05) is 67.6 Å². The molecular weight excluding hydrogens is 478 g/mol. The van der Waals surface area contributed by atoms with Gasteiger partial charge in [-0.25, -0.2) is 4.79 Å². The van der Waals surface area contributed by atoms with Gasteiger partial charge in [0.05, 0.1) is 6.54 Å². The van der Waals surface area contributed by atoms with E-state index in [1.54, 1.807) is 48.5 Å². The number of cyclic esters (lactones) is 1. The quantitative estimate of drug-likeness (QED) is 0.325. The minimum absolute atomic E-state index is 0.215. The summed E-state index contributed by atoms with van der Waals surface area (Å²) in [6.45, 7) is 2.17. The Morgan fingerprint density at radius 3 is 2.16 bits per heavy atom. The van der Waals surface area contributed by atoms with Gasteiger partial charge in [-0.1, -0.05) is 78.4 Å². The van der Waals surface area contributed by atoms with Crippen LogP contribution in [0.1, 0.15) is 33.2 Å². The SMILES string of the molecule is Cc1ccc(C(=O)Nc2cccc([C@@H]3OC(=O)N(Cc4ccccc4)[C@@H]3C(=O)Nc3ccccc3)c2)cc1. The summed E-state index contributed by atoms with van der Waals surface area (Å²) in [5, 5.41) is 5.80. The van der Waals surface area contributed by atoms with Crippen molar-refractivity contribution < 1.29 is 19.1 Å². The standard InChI is InChI=1S/C31H27N3O4/c1-21-15-17-23(18-16-21)29(35)33-26-14-8-11-24(19-26)28-27(30(36)32-25-12-6-3-7-13-25)34(31(37)38-28)20-22-9-4-2-5-10-22/h2-19,27-28H,20H2,1H3,(H,32,36)(H,33,35)/t27-,28-/m0/s1.